The minimum absolute atomic E-state index is 0.00140. The molecule has 1 aromatic carbocycles. The van der Waals surface area contributed by atoms with E-state index in [1.807, 2.05) is 0 Å². The maximum Gasteiger partial charge on any atom is 0.235 e. The van der Waals surface area contributed by atoms with Gasteiger partial charge in [0.1, 0.15) is 5.76 Å². The van der Waals surface area contributed by atoms with Crippen LogP contribution in [0.25, 0.3) is 0 Å². The molecule has 9 heteroatoms. The highest BCUT2D eigenvalue weighted by atomic mass is 35.5. The summed E-state index contributed by atoms with van der Waals surface area (Å²) in [5.74, 6) is 0.0967. The number of hydrogen-bond acceptors (Lipinski definition) is 5. The number of halogens is 1. The number of aromatic nitrogens is 1. The number of nitrogens with zero attached hydrogens (tertiary/aromatic N) is 1. The maximum absolute atomic E-state index is 11.8. The third-order valence-corrected chi connectivity index (χ3v) is 4.37. The van der Waals surface area contributed by atoms with Crippen LogP contribution in [0, 0.1) is 6.92 Å². The Labute approximate surface area is 139 Å². The molecule has 7 nitrogen and oxygen atoms in total. The second-order valence-electron chi connectivity index (χ2n) is 4.90. The molecular weight excluding hydrogens is 342 g/mol. The normalized spacial score (nSPS) is 11.2. The topological polar surface area (TPSA) is 101 Å². The zero-order valence-corrected chi connectivity index (χ0v) is 13.9. The van der Waals surface area contributed by atoms with Crippen LogP contribution in [0.2, 0.25) is 5.02 Å². The molecule has 0 atom stereocenters. The molecule has 2 rings (SSSR count). The van der Waals surface area contributed by atoms with Gasteiger partial charge in [-0.15, -0.1) is 0 Å². The van der Waals surface area contributed by atoms with Gasteiger partial charge in [-0.25, -0.2) is 8.42 Å². The van der Waals surface area contributed by atoms with E-state index in [0.29, 0.717) is 10.8 Å². The molecule has 0 bridgehead atoms. The number of carbonyl (C=O) groups is 1. The number of anilines is 1. The van der Waals surface area contributed by atoms with E-state index >= 15 is 0 Å². The molecular formula is C14H16ClN3O4S. The average Bonchev–Trinajstić information content (AvgIpc) is 2.85. The van der Waals surface area contributed by atoms with E-state index in [9.17, 15) is 13.2 Å². The third-order valence-electron chi connectivity index (χ3n) is 2.86. The lowest BCUT2D eigenvalue weighted by Gasteiger charge is -2.07. The number of amides is 1. The Balaban J connectivity index is 1.77. The third kappa shape index (κ3) is 5.91. The molecule has 23 heavy (non-hydrogen) atoms. The van der Waals surface area contributed by atoms with Gasteiger partial charge in [-0.3, -0.25) is 9.52 Å². The van der Waals surface area contributed by atoms with Crippen molar-refractivity contribution in [2.24, 2.45) is 0 Å². The van der Waals surface area contributed by atoms with Gasteiger partial charge in [-0.2, -0.15) is 0 Å². The molecule has 0 radical (unpaired) electrons. The lowest BCUT2D eigenvalue weighted by Crippen LogP contribution is -2.32. The first kappa shape index (κ1) is 17.3. The van der Waals surface area contributed by atoms with Crippen LogP contribution in [0.4, 0.5) is 5.82 Å². The summed E-state index contributed by atoms with van der Waals surface area (Å²) in [6, 6.07) is 8.34. The number of aryl methyl sites for hydroxylation is 1. The van der Waals surface area contributed by atoms with Crippen LogP contribution in [0.5, 0.6) is 0 Å². The van der Waals surface area contributed by atoms with Crippen LogP contribution >= 0.6 is 11.6 Å². The highest BCUT2D eigenvalue weighted by Crippen LogP contribution is 2.10. The minimum Gasteiger partial charge on any atom is -0.360 e. The van der Waals surface area contributed by atoms with Gasteiger partial charge in [-0.05, 0) is 24.6 Å². The van der Waals surface area contributed by atoms with Crippen molar-refractivity contribution >= 4 is 33.3 Å². The second-order valence-corrected chi connectivity index (χ2v) is 7.18. The van der Waals surface area contributed by atoms with Crippen molar-refractivity contribution in [3.8, 4) is 0 Å². The van der Waals surface area contributed by atoms with Crippen molar-refractivity contribution < 1.29 is 17.7 Å². The quantitative estimate of drug-likeness (QED) is 0.785. The minimum atomic E-state index is -3.60. The molecule has 0 unspecified atom stereocenters. The Hall–Kier alpha value is -2.06. The van der Waals surface area contributed by atoms with Crippen molar-refractivity contribution in [2.75, 3.05) is 17.0 Å². The number of benzene rings is 1. The molecule has 0 saturated carbocycles. The predicted octanol–water partition coefficient (Wildman–Crippen LogP) is 1.74. The molecule has 0 fully saturated rings. The Morgan fingerprint density at radius 3 is 2.61 bits per heavy atom. The molecule has 2 N–H and O–H groups in total. The lowest BCUT2D eigenvalue weighted by molar-refractivity contribution is -0.120. The number of rotatable bonds is 7. The molecule has 0 aliphatic rings. The standard InChI is InChI=1S/C14H16ClN3O4S/c1-10-8-13(17-22-10)18-23(20,21)7-6-16-14(19)9-11-2-4-12(15)5-3-11/h2-5,8H,6-7,9H2,1H3,(H,16,19)(H,17,18). The maximum atomic E-state index is 11.8. The van der Waals surface area contributed by atoms with Crippen LogP contribution in [0.3, 0.4) is 0 Å². The van der Waals surface area contributed by atoms with Gasteiger partial charge >= 0.3 is 0 Å². The van der Waals surface area contributed by atoms with Gasteiger partial charge in [0.25, 0.3) is 0 Å². The molecule has 2 aromatic rings. The SMILES string of the molecule is Cc1cc(NS(=O)(=O)CCNC(=O)Cc2ccc(Cl)cc2)no1. The van der Waals surface area contributed by atoms with Gasteiger partial charge < -0.3 is 9.84 Å². The second kappa shape index (κ2) is 7.47. The molecule has 0 saturated heterocycles. The number of hydrogen-bond donors (Lipinski definition) is 2. The van der Waals surface area contributed by atoms with Crippen molar-refractivity contribution in [3.63, 3.8) is 0 Å². The van der Waals surface area contributed by atoms with Gasteiger partial charge in [0.2, 0.25) is 15.9 Å². The summed E-state index contributed by atoms with van der Waals surface area (Å²) in [5, 5.41) is 6.69. The monoisotopic (exact) mass is 357 g/mol. The van der Waals surface area contributed by atoms with Gasteiger partial charge in [0.05, 0.1) is 12.2 Å². The van der Waals surface area contributed by atoms with E-state index in [0.717, 1.165) is 5.56 Å². The Morgan fingerprint density at radius 2 is 2.00 bits per heavy atom. The zero-order chi connectivity index (χ0) is 16.9. The first-order valence-electron chi connectivity index (χ1n) is 6.79. The summed E-state index contributed by atoms with van der Waals surface area (Å²) < 4.78 is 30.7. The van der Waals surface area contributed by atoms with Crippen LogP contribution in [0.15, 0.2) is 34.9 Å². The van der Waals surface area contributed by atoms with Crippen LogP contribution in [-0.4, -0.2) is 31.8 Å². The summed E-state index contributed by atoms with van der Waals surface area (Å²) in [4.78, 5) is 11.8. The van der Waals surface area contributed by atoms with Crippen molar-refractivity contribution in [3.05, 3.63) is 46.7 Å². The number of carbonyl (C=O) groups excluding carboxylic acids is 1. The summed E-state index contributed by atoms with van der Waals surface area (Å²) >= 11 is 5.76. The molecule has 1 amide bonds. The molecule has 0 aliphatic carbocycles. The largest absolute Gasteiger partial charge is 0.360 e. The Kier molecular flexibility index (Phi) is 5.62. The van der Waals surface area contributed by atoms with Gasteiger partial charge in [-0.1, -0.05) is 28.9 Å². The summed E-state index contributed by atoms with van der Waals surface area (Å²) in [7, 11) is -3.60. The molecule has 1 heterocycles. The fourth-order valence-electron chi connectivity index (χ4n) is 1.80. The lowest BCUT2D eigenvalue weighted by atomic mass is 10.1. The Morgan fingerprint density at radius 1 is 1.30 bits per heavy atom. The fourth-order valence-corrected chi connectivity index (χ4v) is 2.81. The summed E-state index contributed by atoms with van der Waals surface area (Å²) in [6.45, 7) is 1.65. The summed E-state index contributed by atoms with van der Waals surface area (Å²) in [6.07, 6.45) is 0.160. The smallest absolute Gasteiger partial charge is 0.235 e. The van der Waals surface area contributed by atoms with Crippen LogP contribution in [-0.2, 0) is 21.2 Å². The van der Waals surface area contributed by atoms with Crippen molar-refractivity contribution in [1.82, 2.24) is 10.5 Å². The van der Waals surface area contributed by atoms with Gasteiger partial charge in [0.15, 0.2) is 5.82 Å². The van der Waals surface area contributed by atoms with E-state index in [4.69, 9.17) is 16.1 Å². The van der Waals surface area contributed by atoms with Crippen LogP contribution < -0.4 is 10.0 Å². The summed E-state index contributed by atoms with van der Waals surface area (Å²) in [5.41, 5.74) is 0.797. The highest BCUT2D eigenvalue weighted by Gasteiger charge is 2.13. The van der Waals surface area contributed by atoms with Gasteiger partial charge in [0, 0.05) is 17.6 Å². The van der Waals surface area contributed by atoms with Crippen LogP contribution in [0.1, 0.15) is 11.3 Å². The van der Waals surface area contributed by atoms with E-state index < -0.39 is 10.0 Å². The predicted molar refractivity (Wildman–Crippen MR) is 86.8 cm³/mol. The van der Waals surface area contributed by atoms with E-state index in [1.165, 1.54) is 6.07 Å². The number of sulfonamides is 1. The molecule has 0 spiro atoms. The number of nitrogens with one attached hydrogen (secondary N) is 2. The first-order chi connectivity index (χ1) is 10.8. The first-order valence-corrected chi connectivity index (χ1v) is 8.82. The Bertz CT molecular complexity index is 772. The highest BCUT2D eigenvalue weighted by molar-refractivity contribution is 7.92. The average molecular weight is 358 g/mol. The molecule has 124 valence electrons. The van der Waals surface area contributed by atoms with Crippen molar-refractivity contribution in [2.45, 2.75) is 13.3 Å². The van der Waals surface area contributed by atoms with Crippen molar-refractivity contribution in [1.29, 1.82) is 0 Å². The van der Waals surface area contributed by atoms with E-state index in [2.05, 4.69) is 15.2 Å². The zero-order valence-electron chi connectivity index (χ0n) is 12.4. The molecule has 0 aliphatic heterocycles. The molecule has 1 aromatic heterocycles. The van der Waals surface area contributed by atoms with E-state index in [-0.39, 0.29) is 30.4 Å². The fraction of sp³-hybridized carbons (Fsp3) is 0.286. The van der Waals surface area contributed by atoms with E-state index in [1.54, 1.807) is 31.2 Å².